The predicted octanol–water partition coefficient (Wildman–Crippen LogP) is 5.18. The minimum atomic E-state index is -1.11. The lowest BCUT2D eigenvalue weighted by Crippen LogP contribution is -2.54. The monoisotopic (exact) mass is 555 g/mol. The number of benzene rings is 3. The van der Waals surface area contributed by atoms with Gasteiger partial charge in [-0.05, 0) is 85.5 Å². The fourth-order valence-electron chi connectivity index (χ4n) is 4.88. The van der Waals surface area contributed by atoms with Crippen LogP contribution < -0.4 is 14.8 Å². The number of hydrogen-bond donors (Lipinski definition) is 1. The average Bonchev–Trinajstić information content (AvgIpc) is 3.62. The quantitative estimate of drug-likeness (QED) is 0.306. The minimum Gasteiger partial charge on any atom is -0.497 e. The fourth-order valence-corrected chi connectivity index (χ4v) is 4.88. The number of ether oxygens (including phenoxy) is 2. The van der Waals surface area contributed by atoms with Crippen LogP contribution in [0.1, 0.15) is 18.9 Å². The van der Waals surface area contributed by atoms with Crippen LogP contribution in [0.2, 0.25) is 0 Å². The molecule has 210 valence electrons. The van der Waals surface area contributed by atoms with Crippen molar-refractivity contribution < 1.29 is 23.5 Å². The summed E-state index contributed by atoms with van der Waals surface area (Å²) >= 11 is 0. The number of hydrogen-bond acceptors (Lipinski definition) is 6. The van der Waals surface area contributed by atoms with Crippen LogP contribution in [0.5, 0.6) is 17.2 Å². The van der Waals surface area contributed by atoms with E-state index < -0.39 is 5.54 Å². The Balaban J connectivity index is 1.31. The molecule has 41 heavy (non-hydrogen) atoms. The van der Waals surface area contributed by atoms with Gasteiger partial charge in [0.2, 0.25) is 11.8 Å². The van der Waals surface area contributed by atoms with Gasteiger partial charge in [0.1, 0.15) is 35.1 Å². The van der Waals surface area contributed by atoms with E-state index >= 15 is 0 Å². The number of halogens is 1. The van der Waals surface area contributed by atoms with E-state index in [0.717, 1.165) is 11.3 Å². The van der Waals surface area contributed by atoms with Gasteiger partial charge in [-0.25, -0.2) is 4.39 Å². The average molecular weight is 556 g/mol. The van der Waals surface area contributed by atoms with Crippen LogP contribution in [-0.2, 0) is 16.1 Å². The highest BCUT2D eigenvalue weighted by atomic mass is 19.1. The molecule has 2 atom stereocenters. The molecular weight excluding hydrogens is 525 g/mol. The third-order valence-electron chi connectivity index (χ3n) is 7.02. The molecule has 1 aliphatic rings. The van der Waals surface area contributed by atoms with Crippen LogP contribution in [0, 0.1) is 11.7 Å². The maximum Gasteiger partial charge on any atom is 0.250 e. The van der Waals surface area contributed by atoms with E-state index in [2.05, 4.69) is 15.5 Å². The highest BCUT2D eigenvalue weighted by molar-refractivity contribution is 6.00. The van der Waals surface area contributed by atoms with E-state index in [-0.39, 0.29) is 30.1 Å². The van der Waals surface area contributed by atoms with E-state index in [1.165, 1.54) is 41.5 Å². The summed E-state index contributed by atoms with van der Waals surface area (Å²) in [6.07, 6.45) is 7.46. The topological polar surface area (TPSA) is 98.6 Å². The second-order valence-corrected chi connectivity index (χ2v) is 9.97. The lowest BCUT2D eigenvalue weighted by molar-refractivity contribution is -0.142. The molecule has 4 aromatic rings. The number of nitrogens with zero attached hydrogens (tertiary/aromatic N) is 4. The first-order valence-corrected chi connectivity index (χ1v) is 13.1. The molecule has 9 nitrogen and oxygen atoms in total. The normalized spacial score (nSPS) is 18.4. The lowest BCUT2D eigenvalue weighted by Gasteiger charge is -2.33. The van der Waals surface area contributed by atoms with Crippen molar-refractivity contribution in [3.63, 3.8) is 0 Å². The summed E-state index contributed by atoms with van der Waals surface area (Å²) in [5.74, 6) is 0.826. The lowest BCUT2D eigenvalue weighted by atomic mass is 9.92. The van der Waals surface area contributed by atoms with Crippen LogP contribution in [0.15, 0.2) is 91.3 Å². The van der Waals surface area contributed by atoms with Gasteiger partial charge in [-0.15, -0.1) is 0 Å². The van der Waals surface area contributed by atoms with E-state index in [4.69, 9.17) is 9.47 Å². The largest absolute Gasteiger partial charge is 0.497 e. The second kappa shape index (κ2) is 12.0. The Labute approximate surface area is 237 Å². The maximum absolute atomic E-state index is 13.7. The second-order valence-electron chi connectivity index (χ2n) is 9.97. The maximum atomic E-state index is 13.7. The van der Waals surface area contributed by atoms with Crippen molar-refractivity contribution in [2.75, 3.05) is 19.0 Å². The fraction of sp³-hybridized carbons (Fsp3) is 0.226. The first-order chi connectivity index (χ1) is 19.8. The highest BCUT2D eigenvalue weighted by Crippen LogP contribution is 2.36. The van der Waals surface area contributed by atoms with Crippen LogP contribution >= 0.6 is 0 Å². The Morgan fingerprint density at radius 2 is 1.71 bits per heavy atom. The Hall–Kier alpha value is -4.99. The van der Waals surface area contributed by atoms with Crippen molar-refractivity contribution in [3.05, 3.63) is 103 Å². The van der Waals surface area contributed by atoms with Crippen LogP contribution in [-0.4, -0.2) is 50.9 Å². The van der Waals surface area contributed by atoms with Crippen molar-refractivity contribution in [1.82, 2.24) is 19.9 Å². The Bertz CT molecular complexity index is 1520. The molecule has 3 aromatic carbocycles. The molecular formula is C31H30FN5O4. The molecule has 10 heteroatoms. The SMILES string of the molecule is COc1cccc(/C=C/C2CN(C(=O)Cn3nccn3)C(C)(C(=O)Nc3ccc(Oc4ccc(F)cc4)cc3)C2)c1. The minimum absolute atomic E-state index is 0.0574. The molecule has 0 saturated carbocycles. The molecule has 0 aliphatic carbocycles. The molecule has 5 rings (SSSR count). The van der Waals surface area contributed by atoms with Gasteiger partial charge in [0.15, 0.2) is 0 Å². The van der Waals surface area contributed by atoms with Gasteiger partial charge in [0.25, 0.3) is 0 Å². The molecule has 1 saturated heterocycles. The van der Waals surface area contributed by atoms with E-state index in [0.29, 0.717) is 30.2 Å². The summed E-state index contributed by atoms with van der Waals surface area (Å²) in [7, 11) is 1.62. The van der Waals surface area contributed by atoms with Gasteiger partial charge in [-0.2, -0.15) is 15.0 Å². The third-order valence-corrected chi connectivity index (χ3v) is 7.02. The van der Waals surface area contributed by atoms with Gasteiger partial charge in [-0.1, -0.05) is 24.3 Å². The number of anilines is 1. The van der Waals surface area contributed by atoms with Gasteiger partial charge in [-0.3, -0.25) is 9.59 Å². The number of rotatable bonds is 9. The molecule has 2 heterocycles. The summed E-state index contributed by atoms with van der Waals surface area (Å²) < 4.78 is 24.2. The van der Waals surface area contributed by atoms with Crippen LogP contribution in [0.4, 0.5) is 10.1 Å². The van der Waals surface area contributed by atoms with E-state index in [1.807, 2.05) is 36.4 Å². The predicted molar refractivity (Wildman–Crippen MR) is 152 cm³/mol. The van der Waals surface area contributed by atoms with Crippen molar-refractivity contribution in [2.24, 2.45) is 5.92 Å². The van der Waals surface area contributed by atoms with Crippen molar-refractivity contribution >= 4 is 23.6 Å². The van der Waals surface area contributed by atoms with Gasteiger partial charge >= 0.3 is 0 Å². The molecule has 0 spiro atoms. The number of likely N-dealkylation sites (tertiary alicyclic amines) is 1. The van der Waals surface area contributed by atoms with Crippen LogP contribution in [0.25, 0.3) is 6.08 Å². The van der Waals surface area contributed by atoms with E-state index in [9.17, 15) is 14.0 Å². The standard InChI is InChI=1S/C31H30FN5O4/c1-31(30(39)35-25-10-14-27(15-11-25)41-26-12-8-24(32)9-13-26)19-23(7-6-22-4-3-5-28(18-22)40-2)20-36(31)29(38)21-37-33-16-17-34-37/h3-18,23H,19-21H2,1-2H3,(H,35,39)/b7-6+. The van der Waals surface area contributed by atoms with Crippen molar-refractivity contribution in [3.8, 4) is 17.2 Å². The van der Waals surface area contributed by atoms with Gasteiger partial charge < -0.3 is 19.7 Å². The van der Waals surface area contributed by atoms with E-state index in [1.54, 1.807) is 43.2 Å². The number of amides is 2. The Morgan fingerprint density at radius 3 is 2.39 bits per heavy atom. The molecule has 2 unspecified atom stereocenters. The number of nitrogens with one attached hydrogen (secondary N) is 1. The summed E-state index contributed by atoms with van der Waals surface area (Å²) in [6.45, 7) is 2.08. The Morgan fingerprint density at radius 1 is 1.02 bits per heavy atom. The number of carbonyl (C=O) groups is 2. The highest BCUT2D eigenvalue weighted by Gasteiger charge is 2.49. The summed E-state index contributed by atoms with van der Waals surface area (Å²) in [4.78, 5) is 30.0. The summed E-state index contributed by atoms with van der Waals surface area (Å²) in [5.41, 5.74) is 0.403. The molecule has 1 aromatic heterocycles. The van der Waals surface area contributed by atoms with Gasteiger partial charge in [0.05, 0.1) is 19.5 Å². The van der Waals surface area contributed by atoms with Crippen LogP contribution in [0.3, 0.4) is 0 Å². The molecule has 0 radical (unpaired) electrons. The summed E-state index contributed by atoms with van der Waals surface area (Å²) in [6, 6.07) is 20.2. The Kier molecular flexibility index (Phi) is 8.09. The van der Waals surface area contributed by atoms with Crippen molar-refractivity contribution in [1.29, 1.82) is 0 Å². The molecule has 1 aliphatic heterocycles. The zero-order valence-electron chi connectivity index (χ0n) is 22.7. The summed E-state index contributed by atoms with van der Waals surface area (Å²) in [5, 5.41) is 11.0. The number of aromatic nitrogens is 3. The molecule has 1 fully saturated rings. The number of carbonyl (C=O) groups excluding carboxylic acids is 2. The zero-order chi connectivity index (χ0) is 28.8. The molecule has 0 bridgehead atoms. The smallest absolute Gasteiger partial charge is 0.250 e. The van der Waals surface area contributed by atoms with Crippen molar-refractivity contribution in [2.45, 2.75) is 25.4 Å². The first-order valence-electron chi connectivity index (χ1n) is 13.1. The number of methoxy groups -OCH3 is 1. The molecule has 1 N–H and O–H groups in total. The van der Waals surface area contributed by atoms with Gasteiger partial charge in [0, 0.05) is 12.2 Å². The first kappa shape index (κ1) is 27.6. The third kappa shape index (κ3) is 6.60. The molecule has 2 amide bonds. The zero-order valence-corrected chi connectivity index (χ0v) is 22.7.